The second kappa shape index (κ2) is 2.75. The van der Waals surface area contributed by atoms with Crippen molar-refractivity contribution >= 4 is 5.57 Å². The molecule has 0 fully saturated rings. The van der Waals surface area contributed by atoms with Gasteiger partial charge in [0, 0.05) is 12.5 Å². The largest absolute Gasteiger partial charge is 0.496 e. The average molecular weight is 192 g/mol. The maximum Gasteiger partial charge on any atom is 0.232 e. The van der Waals surface area contributed by atoms with Crippen molar-refractivity contribution in [2.75, 3.05) is 7.11 Å². The Morgan fingerprint density at radius 3 is 2.86 bits per heavy atom. The van der Waals surface area contributed by atoms with Crippen molar-refractivity contribution in [1.29, 1.82) is 0 Å². The summed E-state index contributed by atoms with van der Waals surface area (Å²) < 4.78 is 10.5. The highest BCUT2D eigenvalue weighted by Gasteiger charge is 2.38. The van der Waals surface area contributed by atoms with Gasteiger partial charge in [0.1, 0.15) is 11.5 Å². The molecule has 1 aliphatic rings. The minimum atomic E-state index is -1.32. The van der Waals surface area contributed by atoms with Crippen LogP contribution in [0.1, 0.15) is 12.5 Å². The van der Waals surface area contributed by atoms with Crippen molar-refractivity contribution in [3.63, 3.8) is 0 Å². The first-order valence-electron chi connectivity index (χ1n) is 4.34. The summed E-state index contributed by atoms with van der Waals surface area (Å²) in [5, 5.41) is 9.83. The van der Waals surface area contributed by atoms with E-state index in [-0.39, 0.29) is 0 Å². The molecule has 0 bridgehead atoms. The fraction of sp³-hybridized carbons (Fsp3) is 0.273. The molecule has 0 aliphatic carbocycles. The number of hydrogen-bond acceptors (Lipinski definition) is 3. The van der Waals surface area contributed by atoms with Crippen LogP contribution in [0.15, 0.2) is 24.8 Å². The predicted molar refractivity (Wildman–Crippen MR) is 53.3 cm³/mol. The molecule has 0 radical (unpaired) electrons. The summed E-state index contributed by atoms with van der Waals surface area (Å²) in [6.45, 7) is 5.37. The normalized spacial score (nSPS) is 24.4. The molecule has 3 nitrogen and oxygen atoms in total. The molecule has 3 heteroatoms. The van der Waals surface area contributed by atoms with Gasteiger partial charge < -0.3 is 14.6 Å². The molecule has 1 N–H and O–H groups in total. The summed E-state index contributed by atoms with van der Waals surface area (Å²) in [5.41, 5.74) is 1.28. The molecule has 1 aromatic carbocycles. The molecule has 0 spiro atoms. The third-order valence-electron chi connectivity index (χ3n) is 2.38. The molecule has 0 saturated carbocycles. The number of rotatable bonds is 1. The zero-order valence-electron chi connectivity index (χ0n) is 8.20. The van der Waals surface area contributed by atoms with E-state index in [9.17, 15) is 5.11 Å². The van der Waals surface area contributed by atoms with E-state index in [1.807, 2.05) is 12.1 Å². The van der Waals surface area contributed by atoms with Crippen LogP contribution in [0.2, 0.25) is 0 Å². The first kappa shape index (κ1) is 9.09. The summed E-state index contributed by atoms with van der Waals surface area (Å²) in [6, 6.07) is 5.41. The van der Waals surface area contributed by atoms with Gasteiger partial charge in [-0.05, 0) is 12.1 Å². The van der Waals surface area contributed by atoms with Crippen molar-refractivity contribution in [1.82, 2.24) is 0 Å². The number of benzene rings is 1. The molecule has 14 heavy (non-hydrogen) atoms. The Bertz CT molecular complexity index is 394. The third-order valence-corrected chi connectivity index (χ3v) is 2.38. The van der Waals surface area contributed by atoms with Crippen molar-refractivity contribution in [3.05, 3.63) is 30.3 Å². The number of ether oxygens (including phenoxy) is 2. The summed E-state index contributed by atoms with van der Waals surface area (Å²) in [6.07, 6.45) is 0. The topological polar surface area (TPSA) is 38.7 Å². The molecule has 2 rings (SSSR count). The van der Waals surface area contributed by atoms with Gasteiger partial charge in [0.15, 0.2) is 0 Å². The van der Waals surface area contributed by atoms with E-state index in [2.05, 4.69) is 6.58 Å². The van der Waals surface area contributed by atoms with Gasteiger partial charge in [-0.3, -0.25) is 0 Å². The van der Waals surface area contributed by atoms with Crippen LogP contribution in [0.25, 0.3) is 5.57 Å². The van der Waals surface area contributed by atoms with Crippen molar-refractivity contribution in [2.45, 2.75) is 12.7 Å². The molecular weight excluding hydrogens is 180 g/mol. The summed E-state index contributed by atoms with van der Waals surface area (Å²) in [5.74, 6) is -0.0404. The standard InChI is InChI=1S/C11H12O3/c1-7-10-8(13-3)5-4-6-9(10)14-11(7,2)12/h4-6,12H,1H2,2-3H3. The fourth-order valence-corrected chi connectivity index (χ4v) is 1.57. The number of hydrogen-bond donors (Lipinski definition) is 1. The molecule has 1 aliphatic heterocycles. The lowest BCUT2D eigenvalue weighted by molar-refractivity contribution is -0.0576. The van der Waals surface area contributed by atoms with E-state index in [0.29, 0.717) is 17.1 Å². The quantitative estimate of drug-likeness (QED) is 0.737. The zero-order valence-corrected chi connectivity index (χ0v) is 8.20. The van der Waals surface area contributed by atoms with Gasteiger partial charge in [0.05, 0.1) is 12.7 Å². The Morgan fingerprint density at radius 2 is 2.21 bits per heavy atom. The summed E-state index contributed by atoms with van der Waals surface area (Å²) in [7, 11) is 1.58. The lowest BCUT2D eigenvalue weighted by atomic mass is 10.0. The Balaban J connectivity index is 2.60. The summed E-state index contributed by atoms with van der Waals surface area (Å²) in [4.78, 5) is 0. The highest BCUT2D eigenvalue weighted by atomic mass is 16.6. The van der Waals surface area contributed by atoms with Crippen LogP contribution in [0.5, 0.6) is 11.5 Å². The van der Waals surface area contributed by atoms with Gasteiger partial charge in [0.2, 0.25) is 5.79 Å². The Kier molecular flexibility index (Phi) is 1.79. The number of methoxy groups -OCH3 is 1. The SMILES string of the molecule is C=C1c2c(OC)cccc2OC1(C)O. The maximum atomic E-state index is 9.83. The number of fused-ring (bicyclic) bond motifs is 1. The van der Waals surface area contributed by atoms with E-state index >= 15 is 0 Å². The molecular formula is C11H12O3. The van der Waals surface area contributed by atoms with Gasteiger partial charge >= 0.3 is 0 Å². The molecule has 1 heterocycles. The Morgan fingerprint density at radius 1 is 1.50 bits per heavy atom. The predicted octanol–water partition coefficient (Wildman–Crippen LogP) is 1.81. The van der Waals surface area contributed by atoms with Gasteiger partial charge in [-0.25, -0.2) is 0 Å². The average Bonchev–Trinajstić information content (AvgIpc) is 2.37. The van der Waals surface area contributed by atoms with E-state index in [1.165, 1.54) is 0 Å². The molecule has 0 aromatic heterocycles. The van der Waals surface area contributed by atoms with Crippen LogP contribution in [-0.4, -0.2) is 18.0 Å². The van der Waals surface area contributed by atoms with E-state index in [1.54, 1.807) is 20.1 Å². The van der Waals surface area contributed by atoms with E-state index < -0.39 is 5.79 Å². The third kappa shape index (κ3) is 1.09. The van der Waals surface area contributed by atoms with Crippen LogP contribution in [0, 0.1) is 0 Å². The van der Waals surface area contributed by atoms with Crippen molar-refractivity contribution in [3.8, 4) is 11.5 Å². The van der Waals surface area contributed by atoms with Gasteiger partial charge in [-0.15, -0.1) is 0 Å². The van der Waals surface area contributed by atoms with Gasteiger partial charge in [0.25, 0.3) is 0 Å². The second-order valence-corrected chi connectivity index (χ2v) is 3.40. The Labute approximate surface area is 82.6 Å². The molecule has 0 amide bonds. The first-order valence-corrected chi connectivity index (χ1v) is 4.34. The van der Waals surface area contributed by atoms with Gasteiger partial charge in [-0.1, -0.05) is 12.6 Å². The van der Waals surface area contributed by atoms with Crippen molar-refractivity contribution in [2.24, 2.45) is 0 Å². The highest BCUT2D eigenvalue weighted by Crippen LogP contribution is 2.46. The van der Waals surface area contributed by atoms with Crippen LogP contribution in [0.4, 0.5) is 0 Å². The maximum absolute atomic E-state index is 9.83. The molecule has 1 atom stereocenters. The molecule has 0 saturated heterocycles. The van der Waals surface area contributed by atoms with Gasteiger partial charge in [-0.2, -0.15) is 0 Å². The zero-order chi connectivity index (χ0) is 10.3. The highest BCUT2D eigenvalue weighted by molar-refractivity contribution is 5.81. The monoisotopic (exact) mass is 192 g/mol. The summed E-state index contributed by atoms with van der Waals surface area (Å²) >= 11 is 0. The van der Waals surface area contributed by atoms with E-state index in [4.69, 9.17) is 9.47 Å². The fourth-order valence-electron chi connectivity index (χ4n) is 1.57. The van der Waals surface area contributed by atoms with E-state index in [0.717, 1.165) is 5.56 Å². The minimum absolute atomic E-state index is 0.532. The lowest BCUT2D eigenvalue weighted by Gasteiger charge is -2.16. The van der Waals surface area contributed by atoms with Crippen LogP contribution < -0.4 is 9.47 Å². The smallest absolute Gasteiger partial charge is 0.232 e. The van der Waals surface area contributed by atoms with Crippen LogP contribution in [0.3, 0.4) is 0 Å². The van der Waals surface area contributed by atoms with Crippen molar-refractivity contribution < 1.29 is 14.6 Å². The molecule has 1 unspecified atom stereocenters. The number of aliphatic hydroxyl groups is 1. The second-order valence-electron chi connectivity index (χ2n) is 3.40. The van der Waals surface area contributed by atoms with Crippen LogP contribution >= 0.6 is 0 Å². The molecule has 1 aromatic rings. The minimum Gasteiger partial charge on any atom is -0.496 e. The molecule has 74 valence electrons. The Hall–Kier alpha value is -1.48. The lowest BCUT2D eigenvalue weighted by Crippen LogP contribution is -2.27. The first-order chi connectivity index (χ1) is 6.56. The van der Waals surface area contributed by atoms with Crippen LogP contribution in [-0.2, 0) is 0 Å².